The molecule has 0 aliphatic carbocycles. The third-order valence-corrected chi connectivity index (χ3v) is 3.61. The highest BCUT2D eigenvalue weighted by atomic mass is 16.5. The molecule has 2 heterocycles. The highest BCUT2D eigenvalue weighted by Crippen LogP contribution is 2.15. The fraction of sp³-hybridized carbons (Fsp3) is 0.750. The maximum absolute atomic E-state index is 5.68. The van der Waals surface area contributed by atoms with Crippen LogP contribution < -0.4 is 10.2 Å². The van der Waals surface area contributed by atoms with Gasteiger partial charge in [0, 0.05) is 49.2 Å². The molecule has 0 saturated carbocycles. The van der Waals surface area contributed by atoms with Crippen molar-refractivity contribution in [3.8, 4) is 0 Å². The van der Waals surface area contributed by atoms with Crippen molar-refractivity contribution >= 4 is 5.95 Å². The van der Waals surface area contributed by atoms with E-state index in [-0.39, 0.29) is 11.6 Å². The predicted octanol–water partition coefficient (Wildman–Crippen LogP) is 2.29. The van der Waals surface area contributed by atoms with E-state index in [1.165, 1.54) is 0 Å². The first-order chi connectivity index (χ1) is 9.85. The van der Waals surface area contributed by atoms with Gasteiger partial charge in [-0.3, -0.25) is 0 Å². The van der Waals surface area contributed by atoms with Gasteiger partial charge in [-0.2, -0.15) is 0 Å². The van der Waals surface area contributed by atoms with E-state index in [4.69, 9.17) is 9.72 Å². The van der Waals surface area contributed by atoms with Gasteiger partial charge in [0.15, 0.2) is 0 Å². The number of nitrogens with one attached hydrogen (secondary N) is 1. The lowest BCUT2D eigenvalue weighted by Gasteiger charge is -2.24. The second kappa shape index (κ2) is 6.71. The first-order valence-corrected chi connectivity index (χ1v) is 7.79. The van der Waals surface area contributed by atoms with Crippen molar-refractivity contribution in [3.63, 3.8) is 0 Å². The van der Waals surface area contributed by atoms with Crippen LogP contribution in [0.25, 0.3) is 0 Å². The third kappa shape index (κ3) is 4.93. The van der Waals surface area contributed by atoms with Gasteiger partial charge in [0.1, 0.15) is 0 Å². The molecule has 0 aromatic carbocycles. The number of nitrogens with zero attached hydrogens (tertiary/aromatic N) is 3. The molecule has 118 valence electrons. The normalized spacial score (nSPS) is 20.4. The van der Waals surface area contributed by atoms with Crippen LogP contribution >= 0.6 is 0 Å². The second-order valence-corrected chi connectivity index (χ2v) is 6.87. The van der Waals surface area contributed by atoms with Crippen LogP contribution in [0.4, 0.5) is 5.95 Å². The molecule has 0 bridgehead atoms. The molecule has 1 aromatic rings. The van der Waals surface area contributed by atoms with E-state index in [2.05, 4.69) is 49.8 Å². The van der Waals surface area contributed by atoms with Crippen molar-refractivity contribution < 1.29 is 4.74 Å². The van der Waals surface area contributed by atoms with Crippen LogP contribution in [0.15, 0.2) is 6.20 Å². The standard InChI is InChI=1S/C16H28N4O/c1-12-11-20(7-6-8-21-12)15-17-9-14(13(2)19-15)10-18-16(3,4)5/h9,12,18H,6-8,10-11H2,1-5H3. The number of rotatable bonds is 3. The first-order valence-electron chi connectivity index (χ1n) is 7.79. The molecule has 1 aliphatic rings. The molecule has 1 N–H and O–H groups in total. The first kappa shape index (κ1) is 16.2. The second-order valence-electron chi connectivity index (χ2n) is 6.87. The SMILES string of the molecule is Cc1nc(N2CCCOC(C)C2)ncc1CNC(C)(C)C. The Kier molecular flexibility index (Phi) is 5.17. The van der Waals surface area contributed by atoms with Gasteiger partial charge in [-0.15, -0.1) is 0 Å². The minimum absolute atomic E-state index is 0.0999. The molecule has 5 nitrogen and oxygen atoms in total. The lowest BCUT2D eigenvalue weighted by molar-refractivity contribution is 0.0820. The molecule has 1 saturated heterocycles. The highest BCUT2D eigenvalue weighted by molar-refractivity contribution is 5.33. The molecule has 0 amide bonds. The maximum atomic E-state index is 5.68. The average molecular weight is 292 g/mol. The molecule has 1 unspecified atom stereocenters. The van der Waals surface area contributed by atoms with E-state index in [9.17, 15) is 0 Å². The monoisotopic (exact) mass is 292 g/mol. The van der Waals surface area contributed by atoms with Gasteiger partial charge in [0.05, 0.1) is 6.10 Å². The lowest BCUT2D eigenvalue weighted by Crippen LogP contribution is -2.35. The summed E-state index contributed by atoms with van der Waals surface area (Å²) in [4.78, 5) is 11.5. The Hall–Kier alpha value is -1.20. The van der Waals surface area contributed by atoms with Gasteiger partial charge in [-0.05, 0) is 41.0 Å². The van der Waals surface area contributed by atoms with Crippen LogP contribution in [0, 0.1) is 6.92 Å². The number of aromatic nitrogens is 2. The molecule has 21 heavy (non-hydrogen) atoms. The number of anilines is 1. The van der Waals surface area contributed by atoms with E-state index < -0.39 is 0 Å². The van der Waals surface area contributed by atoms with Gasteiger partial charge in [-0.1, -0.05) is 0 Å². The van der Waals surface area contributed by atoms with Crippen molar-refractivity contribution in [1.29, 1.82) is 0 Å². The Morgan fingerprint density at radius 2 is 2.19 bits per heavy atom. The van der Waals surface area contributed by atoms with Crippen molar-refractivity contribution in [1.82, 2.24) is 15.3 Å². The summed E-state index contributed by atoms with van der Waals surface area (Å²) >= 11 is 0. The summed E-state index contributed by atoms with van der Waals surface area (Å²) in [6, 6.07) is 0. The fourth-order valence-corrected chi connectivity index (χ4v) is 2.34. The summed E-state index contributed by atoms with van der Waals surface area (Å²) in [5.41, 5.74) is 2.31. The van der Waals surface area contributed by atoms with Gasteiger partial charge in [0.2, 0.25) is 5.95 Å². The predicted molar refractivity (Wildman–Crippen MR) is 85.6 cm³/mol. The third-order valence-electron chi connectivity index (χ3n) is 3.61. The molecule has 1 aliphatic heterocycles. The minimum Gasteiger partial charge on any atom is -0.377 e. The van der Waals surface area contributed by atoms with E-state index >= 15 is 0 Å². The molecule has 0 spiro atoms. The summed E-state index contributed by atoms with van der Waals surface area (Å²) in [5, 5.41) is 3.48. The van der Waals surface area contributed by atoms with Gasteiger partial charge in [-0.25, -0.2) is 9.97 Å². The van der Waals surface area contributed by atoms with Crippen LogP contribution in [0.1, 0.15) is 45.4 Å². The van der Waals surface area contributed by atoms with Crippen molar-refractivity contribution in [3.05, 3.63) is 17.5 Å². The molecule has 1 atom stereocenters. The summed E-state index contributed by atoms with van der Waals surface area (Å²) in [7, 11) is 0. The quantitative estimate of drug-likeness (QED) is 0.926. The Morgan fingerprint density at radius 1 is 1.43 bits per heavy atom. The topological polar surface area (TPSA) is 50.3 Å². The van der Waals surface area contributed by atoms with Crippen molar-refractivity contribution in [2.45, 2.75) is 59.2 Å². The van der Waals surface area contributed by atoms with Gasteiger partial charge in [0.25, 0.3) is 0 Å². The Bertz CT molecular complexity index is 470. The van der Waals surface area contributed by atoms with E-state index in [1.807, 2.05) is 6.20 Å². The number of hydrogen-bond acceptors (Lipinski definition) is 5. The molecular formula is C16H28N4O. The highest BCUT2D eigenvalue weighted by Gasteiger charge is 2.18. The zero-order valence-electron chi connectivity index (χ0n) is 13.9. The van der Waals surface area contributed by atoms with E-state index in [0.29, 0.717) is 0 Å². The fourth-order valence-electron chi connectivity index (χ4n) is 2.34. The van der Waals surface area contributed by atoms with Gasteiger partial charge >= 0.3 is 0 Å². The zero-order chi connectivity index (χ0) is 15.5. The van der Waals surface area contributed by atoms with E-state index in [1.54, 1.807) is 0 Å². The number of hydrogen-bond donors (Lipinski definition) is 1. The van der Waals surface area contributed by atoms with Crippen LogP contribution in [-0.4, -0.2) is 41.3 Å². The van der Waals surface area contributed by atoms with E-state index in [0.717, 1.165) is 49.9 Å². The van der Waals surface area contributed by atoms with Crippen LogP contribution in [0.2, 0.25) is 0 Å². The average Bonchev–Trinajstić information content (AvgIpc) is 2.61. The Labute approximate surface area is 128 Å². The Balaban J connectivity index is 2.07. The van der Waals surface area contributed by atoms with Crippen LogP contribution in [0.5, 0.6) is 0 Å². The lowest BCUT2D eigenvalue weighted by atomic mass is 10.1. The minimum atomic E-state index is 0.0999. The molecule has 5 heteroatoms. The summed E-state index contributed by atoms with van der Waals surface area (Å²) in [6.45, 7) is 14.1. The molecule has 1 fully saturated rings. The van der Waals surface area contributed by atoms with Crippen LogP contribution in [0.3, 0.4) is 0 Å². The zero-order valence-corrected chi connectivity index (χ0v) is 13.9. The van der Waals surface area contributed by atoms with Crippen molar-refractivity contribution in [2.75, 3.05) is 24.6 Å². The molecule has 0 radical (unpaired) electrons. The summed E-state index contributed by atoms with van der Waals surface area (Å²) in [5.74, 6) is 0.823. The van der Waals surface area contributed by atoms with Gasteiger partial charge < -0.3 is 15.0 Å². The number of aryl methyl sites for hydroxylation is 1. The summed E-state index contributed by atoms with van der Waals surface area (Å²) < 4.78 is 5.68. The maximum Gasteiger partial charge on any atom is 0.225 e. The number of ether oxygens (including phenoxy) is 1. The Morgan fingerprint density at radius 3 is 2.86 bits per heavy atom. The smallest absolute Gasteiger partial charge is 0.225 e. The molecular weight excluding hydrogens is 264 g/mol. The molecule has 1 aromatic heterocycles. The van der Waals surface area contributed by atoms with Crippen LogP contribution in [-0.2, 0) is 11.3 Å². The van der Waals surface area contributed by atoms with Crippen molar-refractivity contribution in [2.24, 2.45) is 0 Å². The molecule has 2 rings (SSSR count). The summed E-state index contributed by atoms with van der Waals surface area (Å²) in [6.07, 6.45) is 3.21. The largest absolute Gasteiger partial charge is 0.377 e.